The third-order valence-corrected chi connectivity index (χ3v) is 4.28. The number of hydrogen-bond donors (Lipinski definition) is 0. The van der Waals surface area contributed by atoms with E-state index in [2.05, 4.69) is 51.1 Å². The van der Waals surface area contributed by atoms with Crippen molar-refractivity contribution in [2.24, 2.45) is 5.41 Å². The Hall–Kier alpha value is -1.76. The lowest BCUT2D eigenvalue weighted by molar-refractivity contribution is 0.443. The van der Waals surface area contributed by atoms with E-state index in [0.717, 1.165) is 24.2 Å². The molecule has 0 atom stereocenters. The Bertz CT molecular complexity index is 668. The predicted octanol–water partition coefficient (Wildman–Crippen LogP) is 5.36. The average Bonchev–Trinajstić information content (AvgIpc) is 2.62. The molecule has 19 heavy (non-hydrogen) atoms. The smallest absolute Gasteiger partial charge is 0.134 e. The topological polar surface area (TPSA) is 13.1 Å². The second-order valence-corrected chi connectivity index (χ2v) is 5.88. The third kappa shape index (κ3) is 2.03. The number of allylic oxidation sites excluding steroid dienone is 3. The molecule has 0 amide bonds. The molecule has 0 N–H and O–H groups in total. The molecule has 1 heteroatoms. The minimum atomic E-state index is 0.205. The van der Waals surface area contributed by atoms with Crippen LogP contribution in [0.4, 0.5) is 0 Å². The van der Waals surface area contributed by atoms with Crippen LogP contribution in [0.25, 0.3) is 17.0 Å². The van der Waals surface area contributed by atoms with Crippen LogP contribution in [0.1, 0.15) is 38.5 Å². The van der Waals surface area contributed by atoms with Gasteiger partial charge in [-0.3, -0.25) is 0 Å². The Labute approximate surface area is 114 Å². The van der Waals surface area contributed by atoms with Crippen molar-refractivity contribution in [1.29, 1.82) is 0 Å². The minimum Gasteiger partial charge on any atom is -0.460 e. The molecule has 1 aliphatic carbocycles. The van der Waals surface area contributed by atoms with Crippen molar-refractivity contribution >= 4 is 17.0 Å². The fourth-order valence-corrected chi connectivity index (χ4v) is 2.55. The summed E-state index contributed by atoms with van der Waals surface area (Å²) in [4.78, 5) is 0. The van der Waals surface area contributed by atoms with Crippen LogP contribution >= 0.6 is 0 Å². The summed E-state index contributed by atoms with van der Waals surface area (Å²) in [6.07, 6.45) is 8.80. The first-order valence-electron chi connectivity index (χ1n) is 7.01. The maximum atomic E-state index is 5.97. The van der Waals surface area contributed by atoms with E-state index in [1.165, 1.54) is 16.5 Å². The SMILES string of the molecule is CCC(C)(C)C1=Cc2c(oc3ccccc23)CC=C1. The monoisotopic (exact) mass is 252 g/mol. The van der Waals surface area contributed by atoms with Gasteiger partial charge in [-0.2, -0.15) is 0 Å². The van der Waals surface area contributed by atoms with Crippen molar-refractivity contribution in [2.45, 2.75) is 33.6 Å². The molecule has 1 aliphatic rings. The normalized spacial score (nSPS) is 15.2. The predicted molar refractivity (Wildman–Crippen MR) is 81.1 cm³/mol. The second kappa shape index (κ2) is 4.41. The van der Waals surface area contributed by atoms with Crippen LogP contribution in [-0.2, 0) is 6.42 Å². The molecule has 0 saturated carbocycles. The zero-order chi connectivity index (χ0) is 13.5. The summed E-state index contributed by atoms with van der Waals surface area (Å²) in [5.41, 5.74) is 3.85. The summed E-state index contributed by atoms with van der Waals surface area (Å²) in [6, 6.07) is 8.30. The molecular weight excluding hydrogens is 232 g/mol. The van der Waals surface area contributed by atoms with Gasteiger partial charge >= 0.3 is 0 Å². The Morgan fingerprint density at radius 1 is 1.21 bits per heavy atom. The zero-order valence-corrected chi connectivity index (χ0v) is 11.9. The Kier molecular flexibility index (Phi) is 2.85. The van der Waals surface area contributed by atoms with Crippen molar-refractivity contribution in [3.8, 4) is 0 Å². The van der Waals surface area contributed by atoms with Gasteiger partial charge in [-0.1, -0.05) is 51.1 Å². The van der Waals surface area contributed by atoms with Crippen LogP contribution in [0.3, 0.4) is 0 Å². The molecule has 1 nitrogen and oxygen atoms in total. The van der Waals surface area contributed by atoms with Crippen LogP contribution in [0.15, 0.2) is 46.4 Å². The highest BCUT2D eigenvalue weighted by Crippen LogP contribution is 2.37. The molecule has 0 spiro atoms. The highest BCUT2D eigenvalue weighted by atomic mass is 16.3. The average molecular weight is 252 g/mol. The Morgan fingerprint density at radius 3 is 2.79 bits per heavy atom. The summed E-state index contributed by atoms with van der Waals surface area (Å²) in [5.74, 6) is 1.08. The highest BCUT2D eigenvalue weighted by Gasteiger charge is 2.22. The second-order valence-electron chi connectivity index (χ2n) is 5.88. The van der Waals surface area contributed by atoms with Gasteiger partial charge in [0.15, 0.2) is 0 Å². The van der Waals surface area contributed by atoms with Crippen LogP contribution < -0.4 is 0 Å². The van der Waals surface area contributed by atoms with Gasteiger partial charge in [-0.25, -0.2) is 0 Å². The summed E-state index contributed by atoms with van der Waals surface area (Å²) >= 11 is 0. The van der Waals surface area contributed by atoms with Gasteiger partial charge in [0.1, 0.15) is 11.3 Å². The molecule has 0 saturated heterocycles. The first-order valence-corrected chi connectivity index (χ1v) is 7.01. The van der Waals surface area contributed by atoms with Gasteiger partial charge in [-0.05, 0) is 29.6 Å². The van der Waals surface area contributed by atoms with E-state index in [1.807, 2.05) is 12.1 Å². The molecule has 2 aromatic rings. The number of fused-ring (bicyclic) bond motifs is 3. The van der Waals surface area contributed by atoms with E-state index in [4.69, 9.17) is 4.42 Å². The molecule has 98 valence electrons. The lowest BCUT2D eigenvalue weighted by Gasteiger charge is -2.24. The fourth-order valence-electron chi connectivity index (χ4n) is 2.55. The molecule has 1 heterocycles. The summed E-state index contributed by atoms with van der Waals surface area (Å²) in [5, 5.41) is 1.23. The number of furan rings is 1. The maximum absolute atomic E-state index is 5.97. The number of para-hydroxylation sites is 1. The van der Waals surface area contributed by atoms with Crippen molar-refractivity contribution in [1.82, 2.24) is 0 Å². The highest BCUT2D eigenvalue weighted by molar-refractivity contribution is 5.89. The van der Waals surface area contributed by atoms with Gasteiger partial charge in [0, 0.05) is 17.4 Å². The summed E-state index contributed by atoms with van der Waals surface area (Å²) < 4.78 is 5.97. The molecule has 0 unspecified atom stereocenters. The van der Waals surface area contributed by atoms with Crippen molar-refractivity contribution in [3.63, 3.8) is 0 Å². The van der Waals surface area contributed by atoms with Gasteiger partial charge in [0.25, 0.3) is 0 Å². The molecule has 1 aromatic carbocycles. The number of benzene rings is 1. The van der Waals surface area contributed by atoms with E-state index in [-0.39, 0.29) is 5.41 Å². The van der Waals surface area contributed by atoms with Crippen molar-refractivity contribution in [3.05, 3.63) is 53.3 Å². The molecule has 0 fully saturated rings. The first-order chi connectivity index (χ1) is 9.12. The van der Waals surface area contributed by atoms with E-state index >= 15 is 0 Å². The molecule has 0 bridgehead atoms. The zero-order valence-electron chi connectivity index (χ0n) is 11.9. The lowest BCUT2D eigenvalue weighted by Crippen LogP contribution is -2.11. The van der Waals surface area contributed by atoms with Crippen LogP contribution in [0.2, 0.25) is 0 Å². The Morgan fingerprint density at radius 2 is 2.00 bits per heavy atom. The maximum Gasteiger partial charge on any atom is 0.134 e. The lowest BCUT2D eigenvalue weighted by atomic mass is 9.81. The van der Waals surface area contributed by atoms with E-state index in [0.29, 0.717) is 0 Å². The standard InChI is InChI=1S/C18H20O/c1-4-18(2,3)13-8-7-11-17-15(12-13)14-9-5-6-10-16(14)19-17/h5-10,12H,4,11H2,1-3H3. The van der Waals surface area contributed by atoms with Crippen LogP contribution in [-0.4, -0.2) is 0 Å². The van der Waals surface area contributed by atoms with Gasteiger partial charge in [0.05, 0.1) is 0 Å². The first kappa shape index (κ1) is 12.3. The third-order valence-electron chi connectivity index (χ3n) is 4.28. The van der Waals surface area contributed by atoms with Gasteiger partial charge < -0.3 is 4.42 Å². The van der Waals surface area contributed by atoms with Crippen LogP contribution in [0.5, 0.6) is 0 Å². The summed E-state index contributed by atoms with van der Waals surface area (Å²) in [6.45, 7) is 6.85. The largest absolute Gasteiger partial charge is 0.460 e. The van der Waals surface area contributed by atoms with E-state index < -0.39 is 0 Å². The van der Waals surface area contributed by atoms with Gasteiger partial charge in [-0.15, -0.1) is 0 Å². The van der Waals surface area contributed by atoms with Crippen molar-refractivity contribution < 1.29 is 4.42 Å². The molecular formula is C18H20O. The number of hydrogen-bond acceptors (Lipinski definition) is 1. The molecule has 0 radical (unpaired) electrons. The minimum absolute atomic E-state index is 0.205. The fraction of sp³-hybridized carbons (Fsp3) is 0.333. The van der Waals surface area contributed by atoms with Gasteiger partial charge in [0.2, 0.25) is 0 Å². The number of rotatable bonds is 2. The Balaban J connectivity index is 2.21. The summed E-state index contributed by atoms with van der Waals surface area (Å²) in [7, 11) is 0. The van der Waals surface area contributed by atoms with E-state index in [9.17, 15) is 0 Å². The van der Waals surface area contributed by atoms with E-state index in [1.54, 1.807) is 0 Å². The quantitative estimate of drug-likeness (QED) is 0.700. The van der Waals surface area contributed by atoms with Crippen LogP contribution in [0, 0.1) is 5.41 Å². The van der Waals surface area contributed by atoms with Crippen molar-refractivity contribution in [2.75, 3.05) is 0 Å². The molecule has 1 aromatic heterocycles. The molecule has 0 aliphatic heterocycles. The molecule has 3 rings (SSSR count).